The summed E-state index contributed by atoms with van der Waals surface area (Å²) in [6.07, 6.45) is 1.23. The van der Waals surface area contributed by atoms with Crippen LogP contribution in [0, 0.1) is 5.82 Å². The number of halogens is 1. The van der Waals surface area contributed by atoms with Gasteiger partial charge in [0.15, 0.2) is 6.61 Å². The van der Waals surface area contributed by atoms with Gasteiger partial charge in [0.05, 0.1) is 20.3 Å². The lowest BCUT2D eigenvalue weighted by molar-refractivity contribution is -0.123. The van der Waals surface area contributed by atoms with Crippen LogP contribution in [0.1, 0.15) is 32.7 Å². The van der Waals surface area contributed by atoms with Crippen molar-refractivity contribution in [1.82, 2.24) is 20.5 Å². The van der Waals surface area contributed by atoms with Crippen molar-refractivity contribution in [3.05, 3.63) is 102 Å². The van der Waals surface area contributed by atoms with Crippen molar-refractivity contribution in [2.24, 2.45) is 0 Å². The third-order valence-corrected chi connectivity index (χ3v) is 8.03. The van der Waals surface area contributed by atoms with Gasteiger partial charge in [0.1, 0.15) is 29.2 Å². The van der Waals surface area contributed by atoms with E-state index >= 15 is 0 Å². The fourth-order valence-corrected chi connectivity index (χ4v) is 5.68. The topological polar surface area (TPSA) is 128 Å². The van der Waals surface area contributed by atoms with Crippen LogP contribution in [0.3, 0.4) is 0 Å². The molecule has 6 bridgehead atoms. The van der Waals surface area contributed by atoms with Gasteiger partial charge >= 0.3 is 0 Å². The molecule has 1 aromatic heterocycles. The lowest BCUT2D eigenvalue weighted by atomic mass is 9.98. The van der Waals surface area contributed by atoms with Crippen LogP contribution in [-0.4, -0.2) is 73.7 Å². The molecule has 0 unspecified atom stereocenters. The van der Waals surface area contributed by atoms with Gasteiger partial charge < -0.3 is 34.5 Å². The Morgan fingerprint density at radius 1 is 0.979 bits per heavy atom. The van der Waals surface area contributed by atoms with Gasteiger partial charge in [-0.3, -0.25) is 14.4 Å². The molecule has 4 aromatic rings. The molecular formula is C35H33FN4O7. The number of nitrogens with one attached hydrogen (secondary N) is 2. The van der Waals surface area contributed by atoms with E-state index in [9.17, 15) is 18.8 Å². The highest BCUT2D eigenvalue weighted by molar-refractivity contribution is 5.97. The first kappa shape index (κ1) is 31.3. The summed E-state index contributed by atoms with van der Waals surface area (Å²) in [6, 6.07) is 18.8. The van der Waals surface area contributed by atoms with Gasteiger partial charge in [-0.2, -0.15) is 0 Å². The highest BCUT2D eigenvalue weighted by atomic mass is 19.1. The van der Waals surface area contributed by atoms with Crippen LogP contribution in [0.25, 0.3) is 11.1 Å². The Bertz CT molecular complexity index is 1820. The van der Waals surface area contributed by atoms with Crippen LogP contribution in [0.2, 0.25) is 0 Å². The van der Waals surface area contributed by atoms with Crippen LogP contribution in [0.4, 0.5) is 4.39 Å². The highest BCUT2D eigenvalue weighted by Crippen LogP contribution is 2.33. The molecule has 3 aromatic carbocycles. The molecule has 2 aliphatic rings. The Balaban J connectivity index is 1.36. The number of piperidine rings is 1. The minimum Gasteiger partial charge on any atom is -0.496 e. The number of pyridine rings is 1. The standard InChI is InChI=1S/C35H33FN4O7/c1-44-30-7-6-23-15-28(30)22-4-3-5-26(14-22)46-20-32(41)38-18-21-12-25(36)17-27(13-21)47-31-9-11-40(19-29(31)39-34(23)42)35(43)24-8-10-37-33(16-24)45-2/h3-8,10,12-17,29,31H,9,11,18-20H2,1-2H3,(H,38,41)(H,39,42)/t29-,31-/m1/s1. The molecule has 3 heterocycles. The number of likely N-dealkylation sites (tertiary alicyclic amines) is 1. The number of nitrogens with zero attached hydrogens (tertiary/aromatic N) is 2. The maximum absolute atomic E-state index is 14.7. The van der Waals surface area contributed by atoms with Gasteiger partial charge in [0, 0.05) is 61.1 Å². The predicted molar refractivity (Wildman–Crippen MR) is 169 cm³/mol. The van der Waals surface area contributed by atoms with Crippen LogP contribution in [0.15, 0.2) is 79.0 Å². The Morgan fingerprint density at radius 3 is 2.68 bits per heavy atom. The van der Waals surface area contributed by atoms with Crippen molar-refractivity contribution in [3.63, 3.8) is 0 Å². The minimum atomic E-state index is -0.667. The first-order chi connectivity index (χ1) is 22.8. The second kappa shape index (κ2) is 13.8. The van der Waals surface area contributed by atoms with E-state index in [1.54, 1.807) is 59.5 Å². The number of aromatic nitrogens is 1. The highest BCUT2D eigenvalue weighted by Gasteiger charge is 2.35. The zero-order valence-corrected chi connectivity index (χ0v) is 25.8. The molecule has 1 saturated heterocycles. The lowest BCUT2D eigenvalue weighted by Gasteiger charge is -2.39. The summed E-state index contributed by atoms with van der Waals surface area (Å²) in [6.45, 7) is 0.233. The van der Waals surface area contributed by atoms with Gasteiger partial charge in [0.25, 0.3) is 17.7 Å². The molecular weight excluding hydrogens is 607 g/mol. The zero-order chi connectivity index (χ0) is 32.9. The Morgan fingerprint density at radius 2 is 1.85 bits per heavy atom. The third kappa shape index (κ3) is 7.27. The molecule has 6 rings (SSSR count). The molecule has 1 fully saturated rings. The van der Waals surface area contributed by atoms with E-state index in [4.69, 9.17) is 18.9 Å². The maximum Gasteiger partial charge on any atom is 0.258 e. The molecule has 242 valence electrons. The summed E-state index contributed by atoms with van der Waals surface area (Å²) >= 11 is 0. The number of benzene rings is 3. The SMILES string of the molecule is COc1cc(C(=O)N2CC[C@H]3Oc4cc(F)cc(c4)CNC(=O)COc4cccc(c4)-c4cc(ccc4OC)C(=O)N[C@@H]3C2)ccn1. The largest absolute Gasteiger partial charge is 0.496 e. The zero-order valence-electron chi connectivity index (χ0n) is 25.8. The first-order valence-corrected chi connectivity index (χ1v) is 15.0. The van der Waals surface area contributed by atoms with Crippen molar-refractivity contribution in [2.45, 2.75) is 25.1 Å². The van der Waals surface area contributed by atoms with Crippen molar-refractivity contribution >= 4 is 17.7 Å². The summed E-state index contributed by atoms with van der Waals surface area (Å²) in [4.78, 5) is 45.7. The van der Waals surface area contributed by atoms with Gasteiger partial charge in [-0.25, -0.2) is 9.37 Å². The van der Waals surface area contributed by atoms with Crippen molar-refractivity contribution in [3.8, 4) is 34.3 Å². The molecule has 47 heavy (non-hydrogen) atoms. The lowest BCUT2D eigenvalue weighted by Crippen LogP contribution is -2.58. The number of fused-ring (bicyclic) bond motifs is 8. The van der Waals surface area contributed by atoms with Crippen LogP contribution in [-0.2, 0) is 11.3 Å². The average Bonchev–Trinajstić information content (AvgIpc) is 3.09. The Hall–Kier alpha value is -5.65. The molecule has 2 aliphatic heterocycles. The molecule has 11 nitrogen and oxygen atoms in total. The second-order valence-corrected chi connectivity index (χ2v) is 11.2. The number of ether oxygens (including phenoxy) is 4. The number of methoxy groups -OCH3 is 2. The first-order valence-electron chi connectivity index (χ1n) is 15.0. The van der Waals surface area contributed by atoms with Gasteiger partial charge in [-0.1, -0.05) is 12.1 Å². The van der Waals surface area contributed by atoms with Crippen LogP contribution in [0.5, 0.6) is 23.1 Å². The Kier molecular flexibility index (Phi) is 9.18. The number of carbonyl (C=O) groups excluding carboxylic acids is 3. The summed E-state index contributed by atoms with van der Waals surface area (Å²) < 4.78 is 37.5. The normalized spacial score (nSPS) is 18.1. The summed E-state index contributed by atoms with van der Waals surface area (Å²) in [5.41, 5.74) is 2.57. The van der Waals surface area contributed by atoms with E-state index in [2.05, 4.69) is 15.6 Å². The molecule has 2 atom stereocenters. The average molecular weight is 641 g/mol. The van der Waals surface area contributed by atoms with E-state index in [1.165, 1.54) is 32.5 Å². The molecule has 12 heteroatoms. The summed E-state index contributed by atoms with van der Waals surface area (Å²) in [5, 5.41) is 5.81. The van der Waals surface area contributed by atoms with Crippen molar-refractivity contribution in [1.29, 1.82) is 0 Å². The van der Waals surface area contributed by atoms with E-state index in [1.807, 2.05) is 6.07 Å². The fraction of sp³-hybridized carbons (Fsp3) is 0.257. The fourth-order valence-electron chi connectivity index (χ4n) is 5.68. The van der Waals surface area contributed by atoms with Crippen LogP contribution < -0.4 is 29.6 Å². The van der Waals surface area contributed by atoms with Gasteiger partial charge in [0.2, 0.25) is 5.88 Å². The van der Waals surface area contributed by atoms with Gasteiger partial charge in [-0.15, -0.1) is 0 Å². The van der Waals surface area contributed by atoms with E-state index in [-0.39, 0.29) is 31.4 Å². The van der Waals surface area contributed by atoms with E-state index in [0.717, 1.165) is 0 Å². The number of carbonyl (C=O) groups is 3. The summed E-state index contributed by atoms with van der Waals surface area (Å²) in [7, 11) is 3.01. The van der Waals surface area contributed by atoms with E-state index < -0.39 is 29.8 Å². The van der Waals surface area contributed by atoms with Gasteiger partial charge in [-0.05, 0) is 59.7 Å². The molecule has 0 radical (unpaired) electrons. The molecule has 0 saturated carbocycles. The molecule has 3 amide bonds. The predicted octanol–water partition coefficient (Wildman–Crippen LogP) is 4.01. The number of rotatable bonds is 3. The van der Waals surface area contributed by atoms with Crippen molar-refractivity contribution in [2.75, 3.05) is 33.9 Å². The summed E-state index contributed by atoms with van der Waals surface area (Å²) in [5.74, 6) is -0.0786. The number of amides is 3. The van der Waals surface area contributed by atoms with Crippen molar-refractivity contribution < 1.29 is 37.7 Å². The molecule has 0 aliphatic carbocycles. The quantitative estimate of drug-likeness (QED) is 0.344. The monoisotopic (exact) mass is 640 g/mol. The van der Waals surface area contributed by atoms with Crippen LogP contribution >= 0.6 is 0 Å². The number of hydrogen-bond donors (Lipinski definition) is 2. The maximum atomic E-state index is 14.7. The molecule has 2 N–H and O–H groups in total. The smallest absolute Gasteiger partial charge is 0.258 e. The minimum absolute atomic E-state index is 0.0435. The van der Waals surface area contributed by atoms with E-state index in [0.29, 0.717) is 58.2 Å². The number of hydrogen-bond acceptors (Lipinski definition) is 8. The molecule has 0 spiro atoms. The third-order valence-electron chi connectivity index (χ3n) is 8.03. The Labute approximate surface area is 270 Å². The second-order valence-electron chi connectivity index (χ2n) is 11.2.